The predicted molar refractivity (Wildman–Crippen MR) is 80.9 cm³/mol. The maximum absolute atomic E-state index is 12.5. The number of H-pyrrole nitrogens is 1. The molecule has 0 saturated carbocycles. The lowest BCUT2D eigenvalue weighted by Crippen LogP contribution is -2.33. The van der Waals surface area contributed by atoms with Gasteiger partial charge in [0, 0.05) is 18.8 Å². The Bertz CT molecular complexity index is 578. The predicted octanol–water partition coefficient (Wildman–Crippen LogP) is 2.17. The van der Waals surface area contributed by atoms with Gasteiger partial charge in [0.2, 0.25) is 0 Å². The van der Waals surface area contributed by atoms with Crippen molar-refractivity contribution >= 4 is 5.91 Å². The largest absolute Gasteiger partial charge is 0.395 e. The molecule has 0 atom stereocenters. The molecule has 2 rings (SSSR count). The second kappa shape index (κ2) is 7.04. The number of carbonyl (C=O) groups excluding carboxylic acids is 1. The van der Waals surface area contributed by atoms with Crippen LogP contribution in [0.3, 0.4) is 0 Å². The fraction of sp³-hybridized carbons (Fsp3) is 0.375. The molecular formula is C16H21N3O2. The SMILES string of the molecule is CC(C)c1cc(C(=O)N(CCO)Cc2ccccc2)n[nH]1. The fourth-order valence-electron chi connectivity index (χ4n) is 2.08. The molecule has 0 bridgehead atoms. The molecule has 1 heterocycles. The van der Waals surface area contributed by atoms with Gasteiger partial charge >= 0.3 is 0 Å². The lowest BCUT2D eigenvalue weighted by molar-refractivity contribution is 0.0702. The quantitative estimate of drug-likeness (QED) is 0.855. The van der Waals surface area contributed by atoms with Crippen LogP contribution in [0.4, 0.5) is 0 Å². The summed E-state index contributed by atoms with van der Waals surface area (Å²) in [6, 6.07) is 11.5. The third-order valence-corrected chi connectivity index (χ3v) is 3.31. The van der Waals surface area contributed by atoms with Crippen molar-refractivity contribution in [3.8, 4) is 0 Å². The van der Waals surface area contributed by atoms with E-state index in [0.29, 0.717) is 18.2 Å². The van der Waals surface area contributed by atoms with Crippen LogP contribution in [0, 0.1) is 0 Å². The summed E-state index contributed by atoms with van der Waals surface area (Å²) in [5.41, 5.74) is 2.35. The molecule has 1 aromatic heterocycles. The Labute approximate surface area is 124 Å². The van der Waals surface area contributed by atoms with E-state index < -0.39 is 0 Å². The van der Waals surface area contributed by atoms with Crippen LogP contribution in [0.2, 0.25) is 0 Å². The van der Waals surface area contributed by atoms with E-state index in [1.54, 1.807) is 11.0 Å². The Morgan fingerprint density at radius 2 is 2.05 bits per heavy atom. The van der Waals surface area contributed by atoms with E-state index >= 15 is 0 Å². The van der Waals surface area contributed by atoms with Crippen molar-refractivity contribution in [2.75, 3.05) is 13.2 Å². The van der Waals surface area contributed by atoms with Crippen molar-refractivity contribution in [1.29, 1.82) is 0 Å². The summed E-state index contributed by atoms with van der Waals surface area (Å²) in [6.07, 6.45) is 0. The molecule has 0 aliphatic carbocycles. The molecule has 5 heteroatoms. The summed E-state index contributed by atoms with van der Waals surface area (Å²) in [4.78, 5) is 14.1. The van der Waals surface area contributed by atoms with Crippen molar-refractivity contribution in [1.82, 2.24) is 15.1 Å². The zero-order chi connectivity index (χ0) is 15.2. The van der Waals surface area contributed by atoms with Gasteiger partial charge in [-0.15, -0.1) is 0 Å². The summed E-state index contributed by atoms with van der Waals surface area (Å²) in [5, 5.41) is 16.2. The molecule has 0 unspecified atom stereocenters. The van der Waals surface area contributed by atoms with Crippen LogP contribution in [0.25, 0.3) is 0 Å². The van der Waals surface area contributed by atoms with Crippen molar-refractivity contribution in [3.63, 3.8) is 0 Å². The van der Waals surface area contributed by atoms with E-state index in [-0.39, 0.29) is 19.1 Å². The third kappa shape index (κ3) is 3.92. The van der Waals surface area contributed by atoms with Crippen LogP contribution in [-0.2, 0) is 6.54 Å². The van der Waals surface area contributed by atoms with Crippen LogP contribution in [0.5, 0.6) is 0 Å². The number of rotatable bonds is 6. The van der Waals surface area contributed by atoms with Crippen LogP contribution in [0.1, 0.15) is 41.5 Å². The summed E-state index contributed by atoms with van der Waals surface area (Å²) in [5.74, 6) is 0.121. The number of hydrogen-bond acceptors (Lipinski definition) is 3. The molecule has 21 heavy (non-hydrogen) atoms. The van der Waals surface area contributed by atoms with E-state index in [2.05, 4.69) is 10.2 Å². The molecule has 1 aromatic carbocycles. The normalized spacial score (nSPS) is 10.9. The molecule has 0 fully saturated rings. The van der Waals surface area contributed by atoms with E-state index in [1.807, 2.05) is 44.2 Å². The molecule has 0 spiro atoms. The number of nitrogens with one attached hydrogen (secondary N) is 1. The minimum absolute atomic E-state index is 0.0694. The van der Waals surface area contributed by atoms with Crippen molar-refractivity contribution in [2.45, 2.75) is 26.3 Å². The van der Waals surface area contributed by atoms with Gasteiger partial charge in [-0.3, -0.25) is 9.89 Å². The fourth-order valence-corrected chi connectivity index (χ4v) is 2.08. The highest BCUT2D eigenvalue weighted by Gasteiger charge is 2.19. The molecular weight excluding hydrogens is 266 g/mol. The first kappa shape index (κ1) is 15.3. The summed E-state index contributed by atoms with van der Waals surface area (Å²) < 4.78 is 0. The molecule has 5 nitrogen and oxygen atoms in total. The van der Waals surface area contributed by atoms with Gasteiger partial charge in [0.1, 0.15) is 5.69 Å². The smallest absolute Gasteiger partial charge is 0.274 e. The summed E-state index contributed by atoms with van der Waals surface area (Å²) in [7, 11) is 0. The average Bonchev–Trinajstić information content (AvgIpc) is 2.97. The maximum Gasteiger partial charge on any atom is 0.274 e. The van der Waals surface area contributed by atoms with Gasteiger partial charge in [-0.25, -0.2) is 0 Å². The van der Waals surface area contributed by atoms with Gasteiger partial charge in [0.25, 0.3) is 5.91 Å². The molecule has 0 aliphatic heterocycles. The second-order valence-electron chi connectivity index (χ2n) is 5.30. The number of hydrogen-bond donors (Lipinski definition) is 2. The first-order valence-electron chi connectivity index (χ1n) is 7.11. The Morgan fingerprint density at radius 3 is 2.62 bits per heavy atom. The minimum Gasteiger partial charge on any atom is -0.395 e. The zero-order valence-electron chi connectivity index (χ0n) is 12.4. The van der Waals surface area contributed by atoms with Gasteiger partial charge in [-0.1, -0.05) is 44.2 Å². The first-order chi connectivity index (χ1) is 10.1. The van der Waals surface area contributed by atoms with Crippen molar-refractivity contribution in [2.24, 2.45) is 0 Å². The Balaban J connectivity index is 2.14. The molecule has 2 aromatic rings. The number of aliphatic hydroxyl groups excluding tert-OH is 1. The van der Waals surface area contributed by atoms with Crippen LogP contribution >= 0.6 is 0 Å². The second-order valence-corrected chi connectivity index (χ2v) is 5.30. The number of carbonyl (C=O) groups is 1. The van der Waals surface area contributed by atoms with Crippen molar-refractivity contribution in [3.05, 3.63) is 53.3 Å². The van der Waals surface area contributed by atoms with E-state index in [4.69, 9.17) is 0 Å². The Kier molecular flexibility index (Phi) is 5.11. The molecule has 2 N–H and O–H groups in total. The van der Waals surface area contributed by atoms with E-state index in [9.17, 15) is 9.90 Å². The number of aromatic amines is 1. The van der Waals surface area contributed by atoms with Gasteiger partial charge in [-0.05, 0) is 17.5 Å². The van der Waals surface area contributed by atoms with Crippen molar-refractivity contribution < 1.29 is 9.90 Å². The Morgan fingerprint density at radius 1 is 1.33 bits per heavy atom. The van der Waals surface area contributed by atoms with Gasteiger partial charge < -0.3 is 10.0 Å². The number of nitrogens with zero attached hydrogens (tertiary/aromatic N) is 2. The average molecular weight is 287 g/mol. The van der Waals surface area contributed by atoms with Crippen LogP contribution in [-0.4, -0.2) is 39.3 Å². The number of aromatic nitrogens is 2. The number of benzene rings is 1. The van der Waals surface area contributed by atoms with Crippen LogP contribution < -0.4 is 0 Å². The zero-order valence-corrected chi connectivity index (χ0v) is 12.4. The number of amides is 1. The maximum atomic E-state index is 12.5. The van der Waals surface area contributed by atoms with Crippen LogP contribution in [0.15, 0.2) is 36.4 Å². The lowest BCUT2D eigenvalue weighted by Gasteiger charge is -2.20. The molecule has 112 valence electrons. The topological polar surface area (TPSA) is 69.2 Å². The highest BCUT2D eigenvalue weighted by Crippen LogP contribution is 2.14. The standard InChI is InChI=1S/C16H21N3O2/c1-12(2)14-10-15(18-17-14)16(21)19(8-9-20)11-13-6-4-3-5-7-13/h3-7,10,12,20H,8-9,11H2,1-2H3,(H,17,18). The van der Waals surface area contributed by atoms with Gasteiger partial charge in [-0.2, -0.15) is 5.10 Å². The molecule has 0 aliphatic rings. The summed E-state index contributed by atoms with van der Waals surface area (Å²) in [6.45, 7) is 4.76. The summed E-state index contributed by atoms with van der Waals surface area (Å²) >= 11 is 0. The lowest BCUT2D eigenvalue weighted by atomic mass is 10.1. The molecule has 1 amide bonds. The van der Waals surface area contributed by atoms with Gasteiger partial charge in [0.15, 0.2) is 0 Å². The highest BCUT2D eigenvalue weighted by molar-refractivity contribution is 5.92. The van der Waals surface area contributed by atoms with E-state index in [0.717, 1.165) is 11.3 Å². The number of aliphatic hydroxyl groups is 1. The van der Waals surface area contributed by atoms with E-state index in [1.165, 1.54) is 0 Å². The monoisotopic (exact) mass is 287 g/mol. The molecule has 0 saturated heterocycles. The first-order valence-corrected chi connectivity index (χ1v) is 7.11. The molecule has 0 radical (unpaired) electrons. The Hall–Kier alpha value is -2.14. The minimum atomic E-state index is -0.170. The highest BCUT2D eigenvalue weighted by atomic mass is 16.3. The van der Waals surface area contributed by atoms with Gasteiger partial charge in [0.05, 0.1) is 6.61 Å². The third-order valence-electron chi connectivity index (χ3n) is 3.31.